The Labute approximate surface area is 226 Å². The van der Waals surface area contributed by atoms with Crippen LogP contribution < -0.4 is 19.3 Å². The van der Waals surface area contributed by atoms with Gasteiger partial charge in [-0.3, -0.25) is 4.79 Å². The number of aliphatic carboxylic acids is 1. The van der Waals surface area contributed by atoms with E-state index in [1.54, 1.807) is 36.4 Å². The number of hydrogen-bond donors (Lipinski definition) is 1. The topological polar surface area (TPSA) is 62.2 Å². The first-order valence-corrected chi connectivity index (χ1v) is 13.4. The van der Waals surface area contributed by atoms with Gasteiger partial charge >= 0.3 is 12.1 Å². The minimum Gasteiger partial charge on any atom is -0.494 e. The minimum absolute atomic E-state index is 0.111. The molecule has 214 valence electrons. The maximum atomic E-state index is 14.7. The molecule has 2 saturated heterocycles. The summed E-state index contributed by atoms with van der Waals surface area (Å²) >= 11 is 0. The van der Waals surface area contributed by atoms with Crippen molar-refractivity contribution >= 4 is 17.3 Å². The third-order valence-corrected chi connectivity index (χ3v) is 7.76. The number of hydrogen-bond acceptors (Lipinski definition) is 5. The van der Waals surface area contributed by atoms with Crippen molar-refractivity contribution in [2.45, 2.75) is 58.4 Å². The fraction of sp³-hybridized carbons (Fsp3) is 0.552. The van der Waals surface area contributed by atoms with Crippen LogP contribution >= 0.6 is 0 Å². The average molecular weight is 553 g/mol. The number of halogens is 4. The molecule has 0 saturated carbocycles. The maximum Gasteiger partial charge on any atom is 0.393 e. The highest BCUT2D eigenvalue weighted by molar-refractivity contribution is 5.69. The largest absolute Gasteiger partial charge is 0.494 e. The summed E-state index contributed by atoms with van der Waals surface area (Å²) in [6.45, 7) is 7.53. The van der Waals surface area contributed by atoms with Crippen LogP contribution in [-0.4, -0.2) is 55.6 Å². The van der Waals surface area contributed by atoms with E-state index in [1.807, 2.05) is 11.8 Å². The van der Waals surface area contributed by atoms with E-state index in [9.17, 15) is 27.5 Å². The van der Waals surface area contributed by atoms with Gasteiger partial charge in [0.15, 0.2) is 0 Å². The van der Waals surface area contributed by atoms with Crippen LogP contribution in [0.3, 0.4) is 0 Å². The van der Waals surface area contributed by atoms with Gasteiger partial charge in [-0.05, 0) is 55.7 Å². The number of piperidine rings is 1. The van der Waals surface area contributed by atoms with Crippen molar-refractivity contribution < 1.29 is 36.9 Å². The van der Waals surface area contributed by atoms with Gasteiger partial charge in [-0.15, -0.1) is 0 Å². The predicted octanol–water partition coefficient (Wildman–Crippen LogP) is 6.39. The van der Waals surface area contributed by atoms with E-state index in [2.05, 4.69) is 13.8 Å². The molecule has 39 heavy (non-hydrogen) atoms. The SMILES string of the molecule is CCOc1ccc(F)c(N2CC[C@@H](Oc3ccc(N4C[C@H](C(F)(F)F)C[C@@H]4CC(=O)O)cc3)[C@H](C(C)C)C2)c1. The van der Waals surface area contributed by atoms with Crippen molar-refractivity contribution in [1.82, 2.24) is 0 Å². The van der Waals surface area contributed by atoms with E-state index in [4.69, 9.17) is 9.47 Å². The van der Waals surface area contributed by atoms with E-state index in [1.165, 1.54) is 11.0 Å². The summed E-state index contributed by atoms with van der Waals surface area (Å²) in [6, 6.07) is 10.9. The van der Waals surface area contributed by atoms with E-state index in [-0.39, 0.29) is 43.1 Å². The van der Waals surface area contributed by atoms with Crippen molar-refractivity contribution in [3.8, 4) is 11.5 Å². The van der Waals surface area contributed by atoms with Gasteiger partial charge in [0.1, 0.15) is 23.4 Å². The van der Waals surface area contributed by atoms with Gasteiger partial charge in [-0.1, -0.05) is 13.8 Å². The number of ether oxygens (including phenoxy) is 2. The van der Waals surface area contributed by atoms with E-state index < -0.39 is 24.1 Å². The Bertz CT molecular complexity index is 1130. The molecule has 2 aromatic rings. The lowest BCUT2D eigenvalue weighted by Gasteiger charge is -2.41. The monoisotopic (exact) mass is 552 g/mol. The molecule has 2 heterocycles. The fourth-order valence-electron chi connectivity index (χ4n) is 5.71. The number of alkyl halides is 3. The van der Waals surface area contributed by atoms with Gasteiger partial charge in [0.25, 0.3) is 0 Å². The Hall–Kier alpha value is -3.17. The van der Waals surface area contributed by atoms with Crippen molar-refractivity contribution in [1.29, 1.82) is 0 Å². The van der Waals surface area contributed by atoms with Crippen molar-refractivity contribution in [3.05, 3.63) is 48.3 Å². The smallest absolute Gasteiger partial charge is 0.393 e. The third-order valence-electron chi connectivity index (χ3n) is 7.76. The lowest BCUT2D eigenvalue weighted by molar-refractivity contribution is -0.169. The maximum absolute atomic E-state index is 14.7. The zero-order valence-electron chi connectivity index (χ0n) is 22.5. The molecule has 4 rings (SSSR count). The molecular formula is C29H36F4N2O4. The first-order chi connectivity index (χ1) is 18.5. The molecule has 0 aliphatic carbocycles. The quantitative estimate of drug-likeness (QED) is 0.364. The number of anilines is 2. The molecule has 4 atom stereocenters. The summed E-state index contributed by atoms with van der Waals surface area (Å²) in [4.78, 5) is 14.8. The summed E-state index contributed by atoms with van der Waals surface area (Å²) < 4.78 is 66.7. The zero-order chi connectivity index (χ0) is 28.3. The van der Waals surface area contributed by atoms with Crippen LogP contribution in [0.2, 0.25) is 0 Å². The number of carbonyl (C=O) groups is 1. The number of rotatable bonds is 9. The highest BCUT2D eigenvalue weighted by Gasteiger charge is 2.48. The molecule has 10 heteroatoms. The lowest BCUT2D eigenvalue weighted by Crippen LogP contribution is -2.48. The molecule has 1 N–H and O–H groups in total. The second-order valence-electron chi connectivity index (χ2n) is 10.7. The van der Waals surface area contributed by atoms with Gasteiger partial charge in [0.2, 0.25) is 0 Å². The molecule has 2 aromatic carbocycles. The predicted molar refractivity (Wildman–Crippen MR) is 141 cm³/mol. The summed E-state index contributed by atoms with van der Waals surface area (Å²) in [6.07, 6.45) is -4.41. The Balaban J connectivity index is 1.45. The van der Waals surface area contributed by atoms with E-state index in [0.717, 1.165) is 0 Å². The number of carboxylic acids is 1. The standard InChI is InChI=1S/C29H36F4N2O4/c1-4-38-23-9-10-25(30)26(15-23)34-12-11-27(24(17-34)18(2)3)39-22-7-5-20(6-8-22)35-16-19(29(31,32)33)13-21(35)14-28(36)37/h5-10,15,18-19,21,24,27H,4,11-14,16-17H2,1-3H3,(H,36,37)/t19-,21-,24+,27-/m1/s1. The summed E-state index contributed by atoms with van der Waals surface area (Å²) in [7, 11) is 0. The molecule has 0 unspecified atom stereocenters. The minimum atomic E-state index is -4.37. The Kier molecular flexibility index (Phi) is 8.81. The first-order valence-electron chi connectivity index (χ1n) is 13.4. The van der Waals surface area contributed by atoms with Gasteiger partial charge in [-0.2, -0.15) is 13.2 Å². The van der Waals surface area contributed by atoms with Gasteiger partial charge in [0.05, 0.1) is 24.6 Å². The van der Waals surface area contributed by atoms with Crippen molar-refractivity contribution in [3.63, 3.8) is 0 Å². The highest BCUT2D eigenvalue weighted by atomic mass is 19.4. The normalized spacial score (nSPS) is 23.8. The van der Waals surface area contributed by atoms with E-state index in [0.29, 0.717) is 49.0 Å². The number of benzene rings is 2. The molecule has 0 amide bonds. The second-order valence-corrected chi connectivity index (χ2v) is 10.7. The summed E-state index contributed by atoms with van der Waals surface area (Å²) in [5.41, 5.74) is 1.05. The Morgan fingerprint density at radius 3 is 2.41 bits per heavy atom. The third kappa shape index (κ3) is 6.89. The lowest BCUT2D eigenvalue weighted by atomic mass is 9.85. The van der Waals surface area contributed by atoms with Gasteiger partial charge in [-0.25, -0.2) is 4.39 Å². The van der Waals surface area contributed by atoms with Crippen LogP contribution in [0, 0.1) is 23.6 Å². The van der Waals surface area contributed by atoms with E-state index >= 15 is 0 Å². The molecule has 2 aliphatic heterocycles. The van der Waals surface area contributed by atoms with Crippen LogP contribution in [0.25, 0.3) is 0 Å². The second kappa shape index (κ2) is 11.9. The number of carboxylic acid groups (broad SMARTS) is 1. The Morgan fingerprint density at radius 1 is 1.10 bits per heavy atom. The molecule has 0 spiro atoms. The molecular weight excluding hydrogens is 516 g/mol. The molecule has 2 aliphatic rings. The van der Waals surface area contributed by atoms with Crippen LogP contribution in [0.4, 0.5) is 28.9 Å². The van der Waals surface area contributed by atoms with Gasteiger partial charge in [0, 0.05) is 49.8 Å². The molecule has 0 radical (unpaired) electrons. The first kappa shape index (κ1) is 28.8. The average Bonchev–Trinajstić information content (AvgIpc) is 3.30. The molecule has 0 bridgehead atoms. The summed E-state index contributed by atoms with van der Waals surface area (Å²) in [5, 5.41) is 9.21. The van der Waals surface area contributed by atoms with Crippen LogP contribution in [0.1, 0.15) is 40.0 Å². The molecule has 6 nitrogen and oxygen atoms in total. The fourth-order valence-corrected chi connectivity index (χ4v) is 5.71. The van der Waals surface area contributed by atoms with Crippen molar-refractivity contribution in [2.75, 3.05) is 36.0 Å². The zero-order valence-corrected chi connectivity index (χ0v) is 22.5. The highest BCUT2D eigenvalue weighted by Crippen LogP contribution is 2.40. The van der Waals surface area contributed by atoms with Crippen LogP contribution in [-0.2, 0) is 4.79 Å². The van der Waals surface area contributed by atoms with Gasteiger partial charge < -0.3 is 24.4 Å². The van der Waals surface area contributed by atoms with Crippen LogP contribution in [0.15, 0.2) is 42.5 Å². The van der Waals surface area contributed by atoms with Crippen LogP contribution in [0.5, 0.6) is 11.5 Å². The summed E-state index contributed by atoms with van der Waals surface area (Å²) in [5.74, 6) is -1.40. The Morgan fingerprint density at radius 2 is 1.79 bits per heavy atom. The van der Waals surface area contributed by atoms with Crippen molar-refractivity contribution in [2.24, 2.45) is 17.8 Å². The molecule has 2 fully saturated rings. The number of nitrogens with zero attached hydrogens (tertiary/aromatic N) is 2. The molecule has 0 aromatic heterocycles.